The second-order valence-electron chi connectivity index (χ2n) is 5.72. The average molecular weight is 389 g/mol. The predicted molar refractivity (Wildman–Crippen MR) is 96.4 cm³/mol. The second-order valence-corrected chi connectivity index (χ2v) is 7.53. The van der Waals surface area contributed by atoms with Crippen LogP contribution in [0.5, 0.6) is 0 Å². The van der Waals surface area contributed by atoms with Gasteiger partial charge in [-0.05, 0) is 42.3 Å². The van der Waals surface area contributed by atoms with Crippen LogP contribution in [0.3, 0.4) is 0 Å². The lowest BCUT2D eigenvalue weighted by molar-refractivity contribution is 0.194. The number of rotatable bonds is 6. The van der Waals surface area contributed by atoms with Crippen molar-refractivity contribution in [3.8, 4) is 11.3 Å². The van der Waals surface area contributed by atoms with Crippen LogP contribution in [0, 0.1) is 5.82 Å². The number of hydrogen-bond acceptors (Lipinski definition) is 4. The van der Waals surface area contributed by atoms with Crippen LogP contribution < -0.4 is 5.32 Å². The third kappa shape index (κ3) is 4.14. The number of hydrogen-bond donors (Lipinski definition) is 2. The number of benzene rings is 1. The van der Waals surface area contributed by atoms with Crippen molar-refractivity contribution in [2.45, 2.75) is 11.3 Å². The van der Waals surface area contributed by atoms with Crippen molar-refractivity contribution in [2.75, 3.05) is 6.54 Å². The molecular weight excluding hydrogens is 373 g/mol. The zero-order valence-electron chi connectivity index (χ0n) is 14.0. The van der Waals surface area contributed by atoms with Crippen molar-refractivity contribution in [2.24, 2.45) is 0 Å². The number of nitrogens with one attached hydrogen (secondary N) is 1. The average Bonchev–Trinajstić information content (AvgIpc) is 3.07. The summed E-state index contributed by atoms with van der Waals surface area (Å²) >= 11 is 0. The Balaban J connectivity index is 2.08. The molecule has 2 heterocycles. The van der Waals surface area contributed by atoms with Crippen LogP contribution in [0.25, 0.3) is 11.3 Å². The van der Waals surface area contributed by atoms with Gasteiger partial charge in [0.25, 0.3) is 10.0 Å². The minimum atomic E-state index is -3.96. The van der Waals surface area contributed by atoms with Gasteiger partial charge in [0.05, 0.1) is 5.69 Å². The summed E-state index contributed by atoms with van der Waals surface area (Å²) in [5.74, 6) is -0.492. The molecule has 0 fully saturated rings. The Hall–Kier alpha value is -3.20. The number of aromatic nitrogens is 2. The van der Waals surface area contributed by atoms with Crippen molar-refractivity contribution in [1.29, 1.82) is 0 Å². The lowest BCUT2D eigenvalue weighted by Gasteiger charge is -2.10. The van der Waals surface area contributed by atoms with E-state index in [0.717, 1.165) is 3.97 Å². The molecule has 7 nitrogen and oxygen atoms in total. The zero-order chi connectivity index (χ0) is 19.4. The predicted octanol–water partition coefficient (Wildman–Crippen LogP) is 2.74. The quantitative estimate of drug-likeness (QED) is 0.675. The summed E-state index contributed by atoms with van der Waals surface area (Å²) in [5.41, 5.74) is 1.26. The van der Waals surface area contributed by atoms with Crippen LogP contribution in [0.1, 0.15) is 5.56 Å². The Morgan fingerprint density at radius 1 is 1.22 bits per heavy atom. The number of carboxylic acid groups (broad SMARTS) is 1. The number of nitrogens with zero attached hydrogens (tertiary/aromatic N) is 2. The van der Waals surface area contributed by atoms with E-state index in [1.165, 1.54) is 48.9 Å². The Kier molecular flexibility index (Phi) is 5.22. The van der Waals surface area contributed by atoms with E-state index < -0.39 is 21.9 Å². The van der Waals surface area contributed by atoms with Crippen LogP contribution >= 0.6 is 0 Å². The van der Waals surface area contributed by atoms with Gasteiger partial charge < -0.3 is 10.4 Å². The lowest BCUT2D eigenvalue weighted by Crippen LogP contribution is -2.23. The Morgan fingerprint density at radius 2 is 2.04 bits per heavy atom. The molecule has 0 aliphatic rings. The van der Waals surface area contributed by atoms with Crippen LogP contribution in [0.15, 0.2) is 66.0 Å². The molecular formula is C18H16FN3O4S. The van der Waals surface area contributed by atoms with Gasteiger partial charge in [-0.3, -0.25) is 4.98 Å². The monoisotopic (exact) mass is 389 g/mol. The standard InChI is InChI=1S/C18H16FN3O4S/c19-15-4-1-3-14(10-15)17-9-13(6-8-21-18(23)24)12-22(17)27(25,26)16-5-2-7-20-11-16/h1-5,7,9-12,21H,6,8H2,(H,23,24). The molecule has 0 unspecified atom stereocenters. The van der Waals surface area contributed by atoms with Crippen LogP contribution in [-0.4, -0.2) is 35.1 Å². The zero-order valence-corrected chi connectivity index (χ0v) is 14.9. The minimum Gasteiger partial charge on any atom is -0.465 e. The third-order valence-corrected chi connectivity index (χ3v) is 5.50. The highest BCUT2D eigenvalue weighted by Crippen LogP contribution is 2.27. The van der Waals surface area contributed by atoms with Crippen LogP contribution in [0.2, 0.25) is 0 Å². The normalized spacial score (nSPS) is 11.3. The van der Waals surface area contributed by atoms with E-state index in [4.69, 9.17) is 5.11 Å². The van der Waals surface area contributed by atoms with Crippen molar-refractivity contribution in [3.63, 3.8) is 0 Å². The lowest BCUT2D eigenvalue weighted by atomic mass is 10.1. The molecule has 2 N–H and O–H groups in total. The first-order valence-electron chi connectivity index (χ1n) is 7.97. The van der Waals surface area contributed by atoms with Crippen LogP contribution in [0.4, 0.5) is 9.18 Å². The molecule has 0 saturated carbocycles. The molecule has 0 spiro atoms. The highest BCUT2D eigenvalue weighted by Gasteiger charge is 2.22. The van der Waals surface area contributed by atoms with Gasteiger partial charge in [-0.2, -0.15) is 0 Å². The van der Waals surface area contributed by atoms with Gasteiger partial charge >= 0.3 is 6.09 Å². The Bertz CT molecular complexity index is 1070. The topological polar surface area (TPSA) is 101 Å². The summed E-state index contributed by atoms with van der Waals surface area (Å²) in [4.78, 5) is 14.4. The molecule has 2 aromatic heterocycles. The van der Waals surface area contributed by atoms with E-state index in [1.54, 1.807) is 12.1 Å². The first kappa shape index (κ1) is 18.6. The molecule has 0 aliphatic carbocycles. The Labute approximate surface area is 155 Å². The van der Waals surface area contributed by atoms with Gasteiger partial charge in [0, 0.05) is 30.7 Å². The van der Waals surface area contributed by atoms with Crippen molar-refractivity contribution >= 4 is 16.1 Å². The van der Waals surface area contributed by atoms with Gasteiger partial charge in [0.2, 0.25) is 0 Å². The minimum absolute atomic E-state index is 0.00605. The Morgan fingerprint density at radius 3 is 2.70 bits per heavy atom. The molecule has 3 aromatic rings. The number of amides is 1. The van der Waals surface area contributed by atoms with Crippen molar-refractivity contribution in [3.05, 3.63) is 72.4 Å². The molecule has 0 bridgehead atoms. The summed E-state index contributed by atoms with van der Waals surface area (Å²) in [6.07, 6.45) is 3.22. The largest absolute Gasteiger partial charge is 0.465 e. The van der Waals surface area contributed by atoms with Gasteiger partial charge in [0.1, 0.15) is 10.7 Å². The van der Waals surface area contributed by atoms with Gasteiger partial charge in [-0.15, -0.1) is 0 Å². The smallest absolute Gasteiger partial charge is 0.404 e. The molecule has 0 aliphatic heterocycles. The molecule has 0 radical (unpaired) electrons. The SMILES string of the molecule is O=C(O)NCCc1cc(-c2cccc(F)c2)n(S(=O)(=O)c2cccnc2)c1. The molecule has 0 atom stereocenters. The maximum atomic E-state index is 13.7. The number of pyridine rings is 1. The maximum absolute atomic E-state index is 13.7. The molecule has 140 valence electrons. The van der Waals surface area contributed by atoms with Gasteiger partial charge in [-0.1, -0.05) is 12.1 Å². The van der Waals surface area contributed by atoms with E-state index >= 15 is 0 Å². The van der Waals surface area contributed by atoms with Gasteiger partial charge in [0.15, 0.2) is 0 Å². The van der Waals surface area contributed by atoms with E-state index in [1.807, 2.05) is 0 Å². The van der Waals surface area contributed by atoms with E-state index in [9.17, 15) is 17.6 Å². The summed E-state index contributed by atoms with van der Waals surface area (Å²) in [7, 11) is -3.96. The molecule has 0 saturated heterocycles. The van der Waals surface area contributed by atoms with Gasteiger partial charge in [-0.25, -0.2) is 21.6 Å². The second kappa shape index (κ2) is 7.58. The first-order valence-corrected chi connectivity index (χ1v) is 9.41. The highest BCUT2D eigenvalue weighted by molar-refractivity contribution is 7.90. The third-order valence-electron chi connectivity index (χ3n) is 3.84. The fourth-order valence-electron chi connectivity index (χ4n) is 2.62. The summed E-state index contributed by atoms with van der Waals surface area (Å²) in [6.45, 7) is 0.120. The summed E-state index contributed by atoms with van der Waals surface area (Å²) in [5, 5.41) is 10.9. The fourth-order valence-corrected chi connectivity index (χ4v) is 3.98. The molecule has 1 amide bonds. The maximum Gasteiger partial charge on any atom is 0.404 e. The van der Waals surface area contributed by atoms with E-state index in [0.29, 0.717) is 11.1 Å². The van der Waals surface area contributed by atoms with Crippen molar-refractivity contribution < 1.29 is 22.7 Å². The molecule has 27 heavy (non-hydrogen) atoms. The summed E-state index contributed by atoms with van der Waals surface area (Å²) in [6, 6.07) is 10.1. The first-order chi connectivity index (χ1) is 12.9. The summed E-state index contributed by atoms with van der Waals surface area (Å²) < 4.78 is 40.8. The van der Waals surface area contributed by atoms with Crippen molar-refractivity contribution in [1.82, 2.24) is 14.3 Å². The molecule has 9 heteroatoms. The number of halogens is 1. The highest BCUT2D eigenvalue weighted by atomic mass is 32.2. The van der Waals surface area contributed by atoms with E-state index in [-0.39, 0.29) is 23.6 Å². The van der Waals surface area contributed by atoms with Crippen LogP contribution in [-0.2, 0) is 16.4 Å². The number of carbonyl (C=O) groups is 1. The fraction of sp³-hybridized carbons (Fsp3) is 0.111. The van der Waals surface area contributed by atoms with E-state index in [2.05, 4.69) is 10.3 Å². The molecule has 1 aromatic carbocycles. The molecule has 3 rings (SSSR count).